The minimum absolute atomic E-state index is 0.137. The van der Waals surface area contributed by atoms with Crippen molar-refractivity contribution in [2.45, 2.75) is 20.8 Å². The van der Waals surface area contributed by atoms with Crippen molar-refractivity contribution in [3.8, 4) is 0 Å². The van der Waals surface area contributed by atoms with E-state index in [0.29, 0.717) is 0 Å². The Labute approximate surface area is 143 Å². The van der Waals surface area contributed by atoms with Crippen LogP contribution in [0.1, 0.15) is 16.7 Å². The fraction of sp³-hybridized carbons (Fsp3) is 0.143. The first kappa shape index (κ1) is 16.7. The van der Waals surface area contributed by atoms with E-state index in [1.165, 1.54) is 24.4 Å². The van der Waals surface area contributed by atoms with Gasteiger partial charge in [0, 0.05) is 0 Å². The van der Waals surface area contributed by atoms with Crippen molar-refractivity contribution in [3.05, 3.63) is 95.6 Å². The van der Waals surface area contributed by atoms with Crippen molar-refractivity contribution in [1.82, 2.24) is 0 Å². The molecule has 0 heterocycles. The van der Waals surface area contributed by atoms with Crippen LogP contribution in [0.2, 0.25) is 0 Å². The Kier molecular flexibility index (Phi) is 6.64. The van der Waals surface area contributed by atoms with Gasteiger partial charge in [0.15, 0.2) is 0 Å². The molecule has 0 aromatic heterocycles. The molecule has 1 heteroatoms. The second kappa shape index (κ2) is 8.73. The van der Waals surface area contributed by atoms with Crippen molar-refractivity contribution in [1.29, 1.82) is 0 Å². The molecule has 0 unspecified atom stereocenters. The largest absolute Gasteiger partial charge is 0.0622 e. The predicted octanol–water partition coefficient (Wildman–Crippen LogP) is 4.33. The van der Waals surface area contributed by atoms with Gasteiger partial charge in [0.1, 0.15) is 0 Å². The maximum Gasteiger partial charge on any atom is -0.0398 e. The Balaban J connectivity index is 0.000000211. The van der Waals surface area contributed by atoms with Crippen LogP contribution in [-0.4, -0.2) is 0 Å². The summed E-state index contributed by atoms with van der Waals surface area (Å²) in [4.78, 5) is 0. The summed E-state index contributed by atoms with van der Waals surface area (Å²) in [5.41, 5.74) is 4.01. The number of rotatable bonds is 2. The second-order valence-corrected chi connectivity index (χ2v) is 7.71. The molecule has 0 nitrogen and oxygen atoms in total. The average molecular weight is 322 g/mol. The van der Waals surface area contributed by atoms with E-state index >= 15 is 0 Å². The summed E-state index contributed by atoms with van der Waals surface area (Å²) in [5, 5.41) is 0. The van der Waals surface area contributed by atoms with Crippen molar-refractivity contribution < 1.29 is 19.2 Å². The fourth-order valence-electron chi connectivity index (χ4n) is 1.97. The van der Waals surface area contributed by atoms with E-state index < -0.39 is 0 Å². The zero-order valence-electron chi connectivity index (χ0n) is 13.5. The van der Waals surface area contributed by atoms with Gasteiger partial charge in [-0.25, -0.2) is 0 Å². The van der Waals surface area contributed by atoms with Crippen molar-refractivity contribution in [3.63, 3.8) is 0 Å². The first-order valence-corrected chi connectivity index (χ1v) is 9.11. The van der Waals surface area contributed by atoms with Gasteiger partial charge >= 0.3 is 100 Å². The molecule has 0 aliphatic heterocycles. The third kappa shape index (κ3) is 6.01. The Morgan fingerprint density at radius 3 is 1.14 bits per heavy atom. The number of aryl methyl sites for hydroxylation is 3. The van der Waals surface area contributed by atoms with E-state index in [9.17, 15) is 0 Å². The van der Waals surface area contributed by atoms with Crippen LogP contribution < -0.4 is 7.74 Å². The first-order valence-electron chi connectivity index (χ1n) is 7.55. The normalized spacial score (nSPS) is 9.59. The van der Waals surface area contributed by atoms with E-state index in [4.69, 9.17) is 0 Å². The van der Waals surface area contributed by atoms with Crippen LogP contribution in [0.3, 0.4) is 0 Å². The van der Waals surface area contributed by atoms with Crippen molar-refractivity contribution in [2.75, 3.05) is 0 Å². The van der Waals surface area contributed by atoms with E-state index in [2.05, 4.69) is 81.4 Å². The van der Waals surface area contributed by atoms with Crippen LogP contribution in [-0.2, 0) is 19.2 Å². The average Bonchev–Trinajstić information content (AvgIpc) is 2.53. The molecule has 3 aromatic carbocycles. The maximum atomic E-state index is 2.26. The standard InChI is InChI=1S/C7H8.2C7H7.Ti/c3*1-7-5-3-2-4-6-7;/h2-6H,1H3;2*3-6H,1H3;. The smallest absolute Gasteiger partial charge is 0.0398 e. The molecule has 0 aliphatic rings. The molecule has 0 bridgehead atoms. The van der Waals surface area contributed by atoms with E-state index in [0.717, 1.165) is 0 Å². The molecule has 0 saturated heterocycles. The summed E-state index contributed by atoms with van der Waals surface area (Å²) in [6.07, 6.45) is 0. The Hall–Kier alpha value is -1.63. The van der Waals surface area contributed by atoms with E-state index in [-0.39, 0.29) is 19.2 Å². The maximum absolute atomic E-state index is 2.26. The van der Waals surface area contributed by atoms with Gasteiger partial charge < -0.3 is 0 Å². The van der Waals surface area contributed by atoms with E-state index in [1.807, 2.05) is 18.2 Å². The van der Waals surface area contributed by atoms with Gasteiger partial charge in [0.2, 0.25) is 0 Å². The Morgan fingerprint density at radius 1 is 0.455 bits per heavy atom. The first-order chi connectivity index (χ1) is 10.6. The molecule has 0 atom stereocenters. The molecule has 3 aromatic rings. The zero-order valence-corrected chi connectivity index (χ0v) is 15.1. The molecular weight excluding hydrogens is 300 g/mol. The Morgan fingerprint density at radius 2 is 0.818 bits per heavy atom. The molecule has 3 rings (SSSR count). The molecule has 0 N–H and O–H groups in total. The molecular formula is C21H22Ti. The summed E-state index contributed by atoms with van der Waals surface area (Å²) in [7, 11) is 0. The third-order valence-corrected chi connectivity index (χ3v) is 5.27. The molecule has 0 saturated carbocycles. The van der Waals surface area contributed by atoms with Gasteiger partial charge in [0.25, 0.3) is 0 Å². The molecule has 0 spiro atoms. The fourth-order valence-corrected chi connectivity index (χ4v) is 3.54. The summed E-state index contributed by atoms with van der Waals surface area (Å²) < 4.78 is 3.01. The third-order valence-electron chi connectivity index (χ3n) is 3.33. The molecule has 22 heavy (non-hydrogen) atoms. The van der Waals surface area contributed by atoms with Crippen LogP contribution in [0.25, 0.3) is 0 Å². The van der Waals surface area contributed by atoms with Gasteiger partial charge in [-0.3, -0.25) is 0 Å². The van der Waals surface area contributed by atoms with Crippen LogP contribution >= 0.6 is 0 Å². The van der Waals surface area contributed by atoms with Gasteiger partial charge in [-0.1, -0.05) is 35.9 Å². The van der Waals surface area contributed by atoms with E-state index in [1.54, 1.807) is 0 Å². The molecule has 0 fully saturated rings. The van der Waals surface area contributed by atoms with Crippen molar-refractivity contribution in [2.24, 2.45) is 0 Å². The number of hydrogen-bond donors (Lipinski definition) is 0. The topological polar surface area (TPSA) is 0 Å². The quantitative estimate of drug-likeness (QED) is 0.616. The predicted molar refractivity (Wildman–Crippen MR) is 92.8 cm³/mol. The minimum Gasteiger partial charge on any atom is -0.0622 e. The molecule has 0 radical (unpaired) electrons. The number of hydrogen-bond acceptors (Lipinski definition) is 0. The van der Waals surface area contributed by atoms with Gasteiger partial charge in [-0.15, -0.1) is 0 Å². The van der Waals surface area contributed by atoms with Gasteiger partial charge in [0.05, 0.1) is 0 Å². The summed E-state index contributed by atoms with van der Waals surface area (Å²) in [6.45, 7) is 6.35. The van der Waals surface area contributed by atoms with Gasteiger partial charge in [-0.2, -0.15) is 0 Å². The second-order valence-electron chi connectivity index (χ2n) is 5.51. The summed E-state index contributed by atoms with van der Waals surface area (Å²) >= 11 is -0.137. The summed E-state index contributed by atoms with van der Waals surface area (Å²) in [5.74, 6) is 0. The van der Waals surface area contributed by atoms with Crippen LogP contribution in [0.5, 0.6) is 0 Å². The molecule has 0 amide bonds. The minimum atomic E-state index is -0.137. The van der Waals surface area contributed by atoms with Crippen molar-refractivity contribution >= 4 is 7.74 Å². The zero-order chi connectivity index (χ0) is 15.8. The Bertz CT molecular complexity index is 624. The van der Waals surface area contributed by atoms with Crippen LogP contribution in [0, 0.1) is 20.8 Å². The number of benzene rings is 3. The van der Waals surface area contributed by atoms with Gasteiger partial charge in [-0.05, 0) is 6.92 Å². The monoisotopic (exact) mass is 322 g/mol. The molecule has 0 aliphatic carbocycles. The SMILES string of the molecule is Cc1cc[c]([Ti][c]2ccc(C)cc2)cc1.Cc1ccccc1. The summed E-state index contributed by atoms with van der Waals surface area (Å²) in [6, 6.07) is 28.1. The van der Waals surface area contributed by atoms with Crippen LogP contribution in [0.15, 0.2) is 78.9 Å². The van der Waals surface area contributed by atoms with Crippen LogP contribution in [0.4, 0.5) is 0 Å². The molecule has 110 valence electrons.